The molecule has 1 amide bonds. The minimum absolute atomic E-state index is 0.0874. The summed E-state index contributed by atoms with van der Waals surface area (Å²) in [6.45, 7) is 2.21. The van der Waals surface area contributed by atoms with E-state index in [-0.39, 0.29) is 23.9 Å². The van der Waals surface area contributed by atoms with E-state index < -0.39 is 0 Å². The number of furan rings is 1. The van der Waals surface area contributed by atoms with E-state index >= 15 is 0 Å². The van der Waals surface area contributed by atoms with Crippen molar-refractivity contribution in [1.29, 1.82) is 0 Å². The molecule has 8 heteroatoms. The van der Waals surface area contributed by atoms with Crippen LogP contribution in [0, 0.1) is 5.92 Å². The van der Waals surface area contributed by atoms with Crippen LogP contribution in [-0.2, 0) is 24.1 Å². The number of carbonyl (C=O) groups is 2. The van der Waals surface area contributed by atoms with Crippen LogP contribution in [0.25, 0.3) is 0 Å². The van der Waals surface area contributed by atoms with Gasteiger partial charge in [0.25, 0.3) is 0 Å². The van der Waals surface area contributed by atoms with Gasteiger partial charge in [0.05, 0.1) is 39.6 Å². The summed E-state index contributed by atoms with van der Waals surface area (Å²) in [5.41, 5.74) is 2.29. The predicted octanol–water partition coefficient (Wildman–Crippen LogP) is 4.90. The van der Waals surface area contributed by atoms with Crippen LogP contribution in [0.15, 0.2) is 34.9 Å². The molecule has 1 aliphatic rings. The molecule has 0 saturated carbocycles. The molecule has 7 nitrogen and oxygen atoms in total. The molecule has 1 aromatic carbocycles. The van der Waals surface area contributed by atoms with Crippen molar-refractivity contribution in [1.82, 2.24) is 0 Å². The van der Waals surface area contributed by atoms with Crippen molar-refractivity contribution < 1.29 is 28.2 Å². The van der Waals surface area contributed by atoms with Crippen LogP contribution in [0.1, 0.15) is 45.5 Å². The maximum absolute atomic E-state index is 13.2. The molecule has 1 unspecified atom stereocenters. The Balaban J connectivity index is 1.63. The summed E-state index contributed by atoms with van der Waals surface area (Å²) in [5.74, 6) is 1.82. The van der Waals surface area contributed by atoms with E-state index in [2.05, 4.69) is 12.2 Å². The standard InChI is InChI=1S/C25H27NO6S/c1-14-7-8-16-20(10-14)33-25(22(16)23(28)17-6-5-9-32-17)26-21(27)13-15-11-18(29-2)24(31-4)19(12-15)30-3/h5-6,9,11-12,14H,7-8,10,13H2,1-4H3,(H,26,27). The number of anilines is 1. The molecular formula is C25H27NO6S. The van der Waals surface area contributed by atoms with E-state index in [4.69, 9.17) is 18.6 Å². The molecule has 0 fully saturated rings. The van der Waals surface area contributed by atoms with Crippen LogP contribution in [0.5, 0.6) is 17.2 Å². The Labute approximate surface area is 196 Å². The zero-order valence-corrected chi connectivity index (χ0v) is 20.0. The number of rotatable bonds is 8. The van der Waals surface area contributed by atoms with Crippen LogP contribution in [0.2, 0.25) is 0 Å². The highest BCUT2D eigenvalue weighted by Gasteiger charge is 2.30. The lowest BCUT2D eigenvalue weighted by molar-refractivity contribution is -0.115. The number of methoxy groups -OCH3 is 3. The Morgan fingerprint density at radius 3 is 2.48 bits per heavy atom. The quantitative estimate of drug-likeness (QED) is 0.472. The number of fused-ring (bicyclic) bond motifs is 1. The normalized spacial score (nSPS) is 15.0. The lowest BCUT2D eigenvalue weighted by Gasteiger charge is -2.18. The van der Waals surface area contributed by atoms with Crippen molar-refractivity contribution in [3.05, 3.63) is 57.9 Å². The van der Waals surface area contributed by atoms with E-state index in [1.807, 2.05) is 0 Å². The van der Waals surface area contributed by atoms with Crippen LogP contribution in [0.3, 0.4) is 0 Å². The van der Waals surface area contributed by atoms with Crippen molar-refractivity contribution >= 4 is 28.0 Å². The fourth-order valence-electron chi connectivity index (χ4n) is 4.20. The molecule has 2 heterocycles. The molecule has 1 atom stereocenters. The minimum Gasteiger partial charge on any atom is -0.493 e. The summed E-state index contributed by atoms with van der Waals surface area (Å²) in [4.78, 5) is 27.4. The number of benzene rings is 1. The Kier molecular flexibility index (Phi) is 6.74. The largest absolute Gasteiger partial charge is 0.493 e. The molecule has 0 spiro atoms. The molecule has 3 aromatic rings. The highest BCUT2D eigenvalue weighted by molar-refractivity contribution is 7.17. The second kappa shape index (κ2) is 9.70. The highest BCUT2D eigenvalue weighted by Crippen LogP contribution is 2.41. The number of hydrogen-bond donors (Lipinski definition) is 1. The molecule has 0 saturated heterocycles. The number of hydrogen-bond acceptors (Lipinski definition) is 7. The SMILES string of the molecule is COc1cc(CC(=O)Nc2sc3c(c2C(=O)c2ccco2)CCC(C)C3)cc(OC)c1OC. The third kappa shape index (κ3) is 4.61. The summed E-state index contributed by atoms with van der Waals surface area (Å²) >= 11 is 1.49. The van der Waals surface area contributed by atoms with Gasteiger partial charge in [0, 0.05) is 4.88 Å². The van der Waals surface area contributed by atoms with E-state index in [1.165, 1.54) is 38.9 Å². The summed E-state index contributed by atoms with van der Waals surface area (Å²) in [6, 6.07) is 6.84. The smallest absolute Gasteiger partial charge is 0.231 e. The third-order valence-electron chi connectivity index (χ3n) is 5.83. The molecular weight excluding hydrogens is 442 g/mol. The van der Waals surface area contributed by atoms with E-state index in [1.54, 1.807) is 24.3 Å². The maximum atomic E-state index is 13.2. The zero-order chi connectivity index (χ0) is 23.5. The molecule has 1 aliphatic carbocycles. The summed E-state index contributed by atoms with van der Waals surface area (Å²) in [5, 5.41) is 3.56. The van der Waals surface area contributed by atoms with Crippen molar-refractivity contribution in [2.75, 3.05) is 26.6 Å². The monoisotopic (exact) mass is 469 g/mol. The Morgan fingerprint density at radius 2 is 1.88 bits per heavy atom. The van der Waals surface area contributed by atoms with Crippen LogP contribution < -0.4 is 19.5 Å². The van der Waals surface area contributed by atoms with Gasteiger partial charge in [-0.05, 0) is 60.6 Å². The first kappa shape index (κ1) is 22.9. The fraction of sp³-hybridized carbons (Fsp3) is 0.360. The van der Waals surface area contributed by atoms with Crippen molar-refractivity contribution in [3.63, 3.8) is 0 Å². The number of ether oxygens (including phenoxy) is 3. The Hall–Kier alpha value is -3.26. The maximum Gasteiger partial charge on any atom is 0.231 e. The molecule has 2 aromatic heterocycles. The molecule has 33 heavy (non-hydrogen) atoms. The van der Waals surface area contributed by atoms with Gasteiger partial charge in [-0.25, -0.2) is 0 Å². The second-order valence-corrected chi connectivity index (χ2v) is 9.23. The van der Waals surface area contributed by atoms with E-state index in [9.17, 15) is 9.59 Å². The second-order valence-electron chi connectivity index (χ2n) is 8.12. The first-order valence-corrected chi connectivity index (χ1v) is 11.6. The van der Waals surface area contributed by atoms with Gasteiger partial charge in [-0.3, -0.25) is 9.59 Å². The van der Waals surface area contributed by atoms with E-state index in [0.717, 1.165) is 29.7 Å². The number of carbonyl (C=O) groups excluding carboxylic acids is 2. The predicted molar refractivity (Wildman–Crippen MR) is 126 cm³/mol. The molecule has 0 radical (unpaired) electrons. The topological polar surface area (TPSA) is 87.0 Å². The average molecular weight is 470 g/mol. The number of ketones is 1. The van der Waals surface area contributed by atoms with Gasteiger partial charge in [-0.15, -0.1) is 11.3 Å². The molecule has 1 N–H and O–H groups in total. The van der Waals surface area contributed by atoms with Gasteiger partial charge in [0.2, 0.25) is 17.4 Å². The molecule has 0 bridgehead atoms. The van der Waals surface area contributed by atoms with Gasteiger partial charge in [-0.2, -0.15) is 0 Å². The van der Waals surface area contributed by atoms with Crippen molar-refractivity contribution in [2.24, 2.45) is 5.92 Å². The van der Waals surface area contributed by atoms with Crippen LogP contribution in [-0.4, -0.2) is 33.0 Å². The molecule has 174 valence electrons. The Bertz CT molecular complexity index is 1140. The number of amides is 1. The molecule has 4 rings (SSSR count). The summed E-state index contributed by atoms with van der Waals surface area (Å²) in [7, 11) is 4.60. The van der Waals surface area contributed by atoms with Crippen LogP contribution in [0.4, 0.5) is 5.00 Å². The summed E-state index contributed by atoms with van der Waals surface area (Å²) in [6.07, 6.45) is 4.31. The van der Waals surface area contributed by atoms with Crippen molar-refractivity contribution in [3.8, 4) is 17.2 Å². The van der Waals surface area contributed by atoms with Gasteiger partial charge in [0.15, 0.2) is 17.3 Å². The Morgan fingerprint density at radius 1 is 1.15 bits per heavy atom. The number of nitrogens with one attached hydrogen (secondary N) is 1. The van der Waals surface area contributed by atoms with Gasteiger partial charge < -0.3 is 23.9 Å². The summed E-state index contributed by atoms with van der Waals surface area (Å²) < 4.78 is 21.5. The van der Waals surface area contributed by atoms with Gasteiger partial charge >= 0.3 is 0 Å². The van der Waals surface area contributed by atoms with Crippen molar-refractivity contribution in [2.45, 2.75) is 32.6 Å². The van der Waals surface area contributed by atoms with Gasteiger partial charge in [0.1, 0.15) is 5.00 Å². The fourth-order valence-corrected chi connectivity index (χ4v) is 5.63. The lowest BCUT2D eigenvalue weighted by Crippen LogP contribution is -2.17. The first-order chi connectivity index (χ1) is 15.9. The zero-order valence-electron chi connectivity index (χ0n) is 19.2. The minimum atomic E-state index is -0.232. The van der Waals surface area contributed by atoms with E-state index in [0.29, 0.717) is 39.3 Å². The first-order valence-electron chi connectivity index (χ1n) is 10.8. The number of thiophene rings is 1. The highest BCUT2D eigenvalue weighted by atomic mass is 32.1. The van der Waals surface area contributed by atoms with Crippen LogP contribution >= 0.6 is 11.3 Å². The average Bonchev–Trinajstić information content (AvgIpc) is 3.45. The third-order valence-corrected chi connectivity index (χ3v) is 7.00. The lowest BCUT2D eigenvalue weighted by atomic mass is 9.87. The van der Waals surface area contributed by atoms with Gasteiger partial charge in [-0.1, -0.05) is 6.92 Å². The molecule has 0 aliphatic heterocycles.